The number of aromatic nitrogens is 1. The van der Waals surface area contributed by atoms with Crippen molar-refractivity contribution >= 4 is 22.4 Å². The van der Waals surface area contributed by atoms with Crippen LogP contribution in [0.15, 0.2) is 6.20 Å². The van der Waals surface area contributed by atoms with Crippen LogP contribution in [0.25, 0.3) is 0 Å². The van der Waals surface area contributed by atoms with Crippen molar-refractivity contribution in [3.8, 4) is 0 Å². The maximum absolute atomic E-state index is 11.2. The Morgan fingerprint density at radius 3 is 3.00 bits per heavy atom. The van der Waals surface area contributed by atoms with E-state index in [-0.39, 0.29) is 5.97 Å². The fourth-order valence-electron chi connectivity index (χ4n) is 1.08. The Morgan fingerprint density at radius 2 is 2.38 bits per heavy atom. The number of rotatable bonds is 6. The molecule has 0 aromatic carbocycles. The second kappa shape index (κ2) is 6.44. The van der Waals surface area contributed by atoms with Gasteiger partial charge in [-0.15, -0.1) is 0 Å². The monoisotopic (exact) mass is 244 g/mol. The first-order valence-corrected chi connectivity index (χ1v) is 5.83. The standard InChI is InChI=1S/C10H16N2O3S/c1-4-15-6-5-12(2)10-11-7-8(16-10)9(13)14-3/h7H,4-6H2,1-3H3. The van der Waals surface area contributed by atoms with Gasteiger partial charge in [0.2, 0.25) is 0 Å². The molecule has 0 amide bonds. The molecule has 0 radical (unpaired) electrons. The van der Waals surface area contributed by atoms with Crippen molar-refractivity contribution in [2.45, 2.75) is 6.92 Å². The molecule has 0 saturated carbocycles. The van der Waals surface area contributed by atoms with Crippen molar-refractivity contribution in [3.63, 3.8) is 0 Å². The maximum Gasteiger partial charge on any atom is 0.349 e. The first kappa shape index (κ1) is 12.9. The SMILES string of the molecule is CCOCCN(C)c1ncc(C(=O)OC)s1. The Kier molecular flexibility index (Phi) is 5.21. The summed E-state index contributed by atoms with van der Waals surface area (Å²) in [4.78, 5) is 17.8. The average Bonchev–Trinajstić information content (AvgIpc) is 2.77. The summed E-state index contributed by atoms with van der Waals surface area (Å²) < 4.78 is 9.86. The second-order valence-electron chi connectivity index (χ2n) is 3.12. The Morgan fingerprint density at radius 1 is 1.62 bits per heavy atom. The molecule has 0 aliphatic heterocycles. The van der Waals surface area contributed by atoms with Crippen LogP contribution in [-0.2, 0) is 9.47 Å². The van der Waals surface area contributed by atoms with E-state index in [1.54, 1.807) is 0 Å². The maximum atomic E-state index is 11.2. The minimum absolute atomic E-state index is 0.345. The number of anilines is 1. The number of ether oxygens (including phenoxy) is 2. The summed E-state index contributed by atoms with van der Waals surface area (Å²) in [5, 5.41) is 0.792. The van der Waals surface area contributed by atoms with E-state index >= 15 is 0 Å². The number of carbonyl (C=O) groups is 1. The van der Waals surface area contributed by atoms with Crippen LogP contribution in [0.4, 0.5) is 5.13 Å². The third-order valence-electron chi connectivity index (χ3n) is 1.98. The zero-order valence-electron chi connectivity index (χ0n) is 9.73. The third kappa shape index (κ3) is 3.46. The van der Waals surface area contributed by atoms with Gasteiger partial charge in [0.25, 0.3) is 0 Å². The molecule has 0 N–H and O–H groups in total. The summed E-state index contributed by atoms with van der Waals surface area (Å²) >= 11 is 1.32. The molecular formula is C10H16N2O3S. The van der Waals surface area contributed by atoms with Crippen molar-refractivity contribution in [1.82, 2.24) is 4.98 Å². The van der Waals surface area contributed by atoms with Gasteiger partial charge in [-0.3, -0.25) is 0 Å². The van der Waals surface area contributed by atoms with Crippen LogP contribution in [0, 0.1) is 0 Å². The lowest BCUT2D eigenvalue weighted by Crippen LogP contribution is -2.22. The number of carbonyl (C=O) groups excluding carboxylic acids is 1. The minimum Gasteiger partial charge on any atom is -0.465 e. The zero-order valence-corrected chi connectivity index (χ0v) is 10.5. The number of likely N-dealkylation sites (N-methyl/N-ethyl adjacent to an activating group) is 1. The molecular weight excluding hydrogens is 228 g/mol. The van der Waals surface area contributed by atoms with Gasteiger partial charge in [0.15, 0.2) is 5.13 Å². The molecule has 0 spiro atoms. The van der Waals surface area contributed by atoms with Gasteiger partial charge in [0, 0.05) is 20.2 Å². The lowest BCUT2D eigenvalue weighted by molar-refractivity contribution is 0.0606. The van der Waals surface area contributed by atoms with Crippen molar-refractivity contribution in [3.05, 3.63) is 11.1 Å². The smallest absolute Gasteiger partial charge is 0.349 e. The molecule has 90 valence electrons. The Balaban J connectivity index is 2.52. The summed E-state index contributed by atoms with van der Waals surface area (Å²) in [5.74, 6) is -0.345. The van der Waals surface area contributed by atoms with E-state index in [0.717, 1.165) is 11.7 Å². The van der Waals surface area contributed by atoms with Gasteiger partial charge < -0.3 is 14.4 Å². The van der Waals surface area contributed by atoms with Crippen molar-refractivity contribution < 1.29 is 14.3 Å². The Bertz CT molecular complexity index is 341. The number of thiazole rings is 1. The van der Waals surface area contributed by atoms with Crippen molar-refractivity contribution in [1.29, 1.82) is 0 Å². The molecule has 0 aliphatic carbocycles. The highest BCUT2D eigenvalue weighted by Gasteiger charge is 2.12. The molecule has 1 rings (SSSR count). The molecule has 5 nitrogen and oxygen atoms in total. The van der Waals surface area contributed by atoms with Crippen LogP contribution in [0.1, 0.15) is 16.6 Å². The first-order chi connectivity index (χ1) is 7.69. The Labute approximate surface area is 99.0 Å². The largest absolute Gasteiger partial charge is 0.465 e. The predicted octanol–water partition coefficient (Wildman–Crippen LogP) is 1.40. The first-order valence-electron chi connectivity index (χ1n) is 5.02. The van der Waals surface area contributed by atoms with E-state index in [2.05, 4.69) is 9.72 Å². The quantitative estimate of drug-likeness (QED) is 0.559. The molecule has 6 heteroatoms. The average molecular weight is 244 g/mol. The summed E-state index contributed by atoms with van der Waals surface area (Å²) in [6.07, 6.45) is 1.53. The van der Waals surface area contributed by atoms with Gasteiger partial charge in [0.05, 0.1) is 19.9 Å². The van der Waals surface area contributed by atoms with E-state index in [1.807, 2.05) is 18.9 Å². The lowest BCUT2D eigenvalue weighted by Gasteiger charge is -2.14. The van der Waals surface area contributed by atoms with Crippen LogP contribution in [0.2, 0.25) is 0 Å². The highest BCUT2D eigenvalue weighted by Crippen LogP contribution is 2.21. The number of methoxy groups -OCH3 is 1. The van der Waals surface area contributed by atoms with E-state index in [4.69, 9.17) is 4.74 Å². The fourth-order valence-corrected chi connectivity index (χ4v) is 1.90. The van der Waals surface area contributed by atoms with Gasteiger partial charge in [-0.05, 0) is 6.92 Å². The molecule has 0 bridgehead atoms. The number of hydrogen-bond donors (Lipinski definition) is 0. The predicted molar refractivity (Wildman–Crippen MR) is 63.2 cm³/mol. The molecule has 1 aromatic rings. The van der Waals surface area contributed by atoms with Crippen LogP contribution in [0.5, 0.6) is 0 Å². The van der Waals surface area contributed by atoms with E-state index in [1.165, 1.54) is 24.6 Å². The number of esters is 1. The minimum atomic E-state index is -0.345. The topological polar surface area (TPSA) is 51.7 Å². The number of nitrogens with zero attached hydrogens (tertiary/aromatic N) is 2. The van der Waals surface area contributed by atoms with E-state index in [0.29, 0.717) is 18.1 Å². The van der Waals surface area contributed by atoms with E-state index < -0.39 is 0 Å². The van der Waals surface area contributed by atoms with Crippen LogP contribution in [0.3, 0.4) is 0 Å². The summed E-state index contributed by atoms with van der Waals surface area (Å²) in [6.45, 7) is 4.07. The highest BCUT2D eigenvalue weighted by molar-refractivity contribution is 7.17. The van der Waals surface area contributed by atoms with Crippen LogP contribution in [-0.4, -0.2) is 44.9 Å². The summed E-state index contributed by atoms with van der Waals surface area (Å²) in [5.41, 5.74) is 0. The second-order valence-corrected chi connectivity index (χ2v) is 4.13. The molecule has 0 fully saturated rings. The third-order valence-corrected chi connectivity index (χ3v) is 3.07. The molecule has 0 unspecified atom stereocenters. The van der Waals surface area contributed by atoms with Crippen molar-refractivity contribution in [2.24, 2.45) is 0 Å². The van der Waals surface area contributed by atoms with Crippen LogP contribution >= 0.6 is 11.3 Å². The van der Waals surface area contributed by atoms with Gasteiger partial charge in [-0.25, -0.2) is 9.78 Å². The van der Waals surface area contributed by atoms with Crippen molar-refractivity contribution in [2.75, 3.05) is 38.8 Å². The summed E-state index contributed by atoms with van der Waals surface area (Å²) in [6, 6.07) is 0. The molecule has 16 heavy (non-hydrogen) atoms. The van der Waals surface area contributed by atoms with Gasteiger partial charge in [-0.1, -0.05) is 11.3 Å². The molecule has 0 atom stereocenters. The Hall–Kier alpha value is -1.14. The molecule has 0 saturated heterocycles. The van der Waals surface area contributed by atoms with Crippen LogP contribution < -0.4 is 4.90 Å². The van der Waals surface area contributed by atoms with Gasteiger partial charge in [0.1, 0.15) is 4.88 Å². The van der Waals surface area contributed by atoms with Gasteiger partial charge >= 0.3 is 5.97 Å². The summed E-state index contributed by atoms with van der Waals surface area (Å²) in [7, 11) is 3.28. The zero-order chi connectivity index (χ0) is 12.0. The fraction of sp³-hybridized carbons (Fsp3) is 0.600. The highest BCUT2D eigenvalue weighted by atomic mass is 32.1. The normalized spacial score (nSPS) is 10.2. The number of hydrogen-bond acceptors (Lipinski definition) is 6. The van der Waals surface area contributed by atoms with E-state index in [9.17, 15) is 4.79 Å². The molecule has 1 heterocycles. The molecule has 1 aromatic heterocycles. The molecule has 0 aliphatic rings. The van der Waals surface area contributed by atoms with Gasteiger partial charge in [-0.2, -0.15) is 0 Å². The lowest BCUT2D eigenvalue weighted by atomic mass is 10.6.